The molecule has 0 aliphatic rings. The van der Waals surface area contributed by atoms with Crippen molar-refractivity contribution in [2.75, 3.05) is 45.3 Å². The lowest BCUT2D eigenvalue weighted by atomic mass is 10.1. The fourth-order valence-electron chi connectivity index (χ4n) is 2.99. The maximum Gasteiger partial charge on any atom is 0.317 e. The summed E-state index contributed by atoms with van der Waals surface area (Å²) in [5, 5.41) is 7.80. The molecule has 168 valence electrons. The third kappa shape index (κ3) is 6.32. The third-order valence-electron chi connectivity index (χ3n) is 5.00. The van der Waals surface area contributed by atoms with Crippen LogP contribution in [0.1, 0.15) is 15.9 Å². The van der Waals surface area contributed by atoms with Crippen molar-refractivity contribution in [3.63, 3.8) is 0 Å². The Hall–Kier alpha value is -3.36. The van der Waals surface area contributed by atoms with Crippen LogP contribution >= 0.6 is 11.3 Å². The lowest BCUT2D eigenvalue weighted by molar-refractivity contribution is 0.102. The molecule has 7 nitrogen and oxygen atoms in total. The summed E-state index contributed by atoms with van der Waals surface area (Å²) < 4.78 is 0. The van der Waals surface area contributed by atoms with Gasteiger partial charge in [0.1, 0.15) is 0 Å². The molecular weight excluding hydrogens is 422 g/mol. The average Bonchev–Trinajstić information content (AvgIpc) is 3.32. The second-order valence-electron chi connectivity index (χ2n) is 7.81. The van der Waals surface area contributed by atoms with Crippen LogP contribution < -0.4 is 16.4 Å². The van der Waals surface area contributed by atoms with Gasteiger partial charge in [-0.25, -0.2) is 4.79 Å². The van der Waals surface area contributed by atoms with Crippen LogP contribution in [0, 0.1) is 0 Å². The van der Waals surface area contributed by atoms with Gasteiger partial charge in [0.15, 0.2) is 0 Å². The molecule has 8 heteroatoms. The molecule has 32 heavy (non-hydrogen) atoms. The first-order valence-corrected chi connectivity index (χ1v) is 11.2. The summed E-state index contributed by atoms with van der Waals surface area (Å²) in [6, 6.07) is 16.7. The van der Waals surface area contributed by atoms with Gasteiger partial charge in [0.2, 0.25) is 0 Å². The number of hydrogen-bond acceptors (Lipinski definition) is 5. The molecule has 0 fully saturated rings. The molecule has 0 aliphatic heterocycles. The van der Waals surface area contributed by atoms with E-state index in [4.69, 9.17) is 5.73 Å². The van der Waals surface area contributed by atoms with Crippen molar-refractivity contribution in [2.24, 2.45) is 0 Å². The van der Waals surface area contributed by atoms with Crippen molar-refractivity contribution in [1.82, 2.24) is 15.1 Å². The molecule has 0 saturated heterocycles. The Morgan fingerprint density at radius 2 is 1.75 bits per heavy atom. The van der Waals surface area contributed by atoms with Crippen molar-refractivity contribution >= 4 is 34.6 Å². The topological polar surface area (TPSA) is 90.7 Å². The molecule has 3 aromatic rings. The number of nitrogens with two attached hydrogens (primary N) is 1. The largest absolute Gasteiger partial charge is 0.397 e. The van der Waals surface area contributed by atoms with Gasteiger partial charge in [-0.3, -0.25) is 4.79 Å². The molecule has 4 N–H and O–H groups in total. The Bertz CT molecular complexity index is 1050. The second kappa shape index (κ2) is 10.8. The predicted molar refractivity (Wildman–Crippen MR) is 132 cm³/mol. The highest BCUT2D eigenvalue weighted by Crippen LogP contribution is 2.30. The lowest BCUT2D eigenvalue weighted by Crippen LogP contribution is -2.40. The smallest absolute Gasteiger partial charge is 0.317 e. The molecule has 3 rings (SSSR count). The number of thiophene rings is 1. The fraction of sp³-hybridized carbons (Fsp3) is 0.250. The standard InChI is InChI=1S/C24H29N5O2S/c1-28(2)12-13-29(3)24(31)26-16-17-6-8-18(9-7-17)23(30)27-21-15-19(10-11-20(21)25)22-5-4-14-32-22/h4-11,14-15H,12-13,16,25H2,1-3H3,(H,26,31)(H,27,30). The van der Waals surface area contributed by atoms with Crippen LogP contribution in [-0.4, -0.2) is 56.0 Å². The van der Waals surface area contributed by atoms with E-state index in [0.717, 1.165) is 22.5 Å². The van der Waals surface area contributed by atoms with Crippen LogP contribution in [0.2, 0.25) is 0 Å². The number of amides is 3. The van der Waals surface area contributed by atoms with Crippen LogP contribution in [0.4, 0.5) is 16.2 Å². The minimum atomic E-state index is -0.237. The van der Waals surface area contributed by atoms with Gasteiger partial charge in [-0.1, -0.05) is 24.3 Å². The fourth-order valence-corrected chi connectivity index (χ4v) is 3.72. The molecule has 0 unspecified atom stereocenters. The van der Waals surface area contributed by atoms with Crippen molar-refractivity contribution in [3.8, 4) is 10.4 Å². The van der Waals surface area contributed by atoms with E-state index in [9.17, 15) is 9.59 Å². The monoisotopic (exact) mass is 451 g/mol. The number of nitrogens with one attached hydrogen (secondary N) is 2. The van der Waals surface area contributed by atoms with Gasteiger partial charge >= 0.3 is 6.03 Å². The zero-order valence-corrected chi connectivity index (χ0v) is 19.4. The van der Waals surface area contributed by atoms with E-state index in [1.165, 1.54) is 0 Å². The van der Waals surface area contributed by atoms with Gasteiger partial charge in [0.25, 0.3) is 5.91 Å². The highest BCUT2D eigenvalue weighted by atomic mass is 32.1. The maximum absolute atomic E-state index is 12.7. The Kier molecular flexibility index (Phi) is 7.86. The Balaban J connectivity index is 1.57. The number of anilines is 2. The van der Waals surface area contributed by atoms with Crippen LogP contribution in [-0.2, 0) is 6.54 Å². The highest BCUT2D eigenvalue weighted by Gasteiger charge is 2.11. The predicted octanol–water partition coefficient (Wildman–Crippen LogP) is 3.95. The van der Waals surface area contributed by atoms with Gasteiger partial charge in [0.05, 0.1) is 11.4 Å². The van der Waals surface area contributed by atoms with Crippen LogP contribution in [0.15, 0.2) is 60.0 Å². The summed E-state index contributed by atoms with van der Waals surface area (Å²) in [4.78, 5) is 29.7. The van der Waals surface area contributed by atoms with Crippen LogP contribution in [0.25, 0.3) is 10.4 Å². The van der Waals surface area contributed by atoms with E-state index >= 15 is 0 Å². The van der Waals surface area contributed by atoms with E-state index in [0.29, 0.717) is 30.0 Å². The minimum Gasteiger partial charge on any atom is -0.397 e. The van der Waals surface area contributed by atoms with Crippen molar-refractivity contribution in [1.29, 1.82) is 0 Å². The molecule has 0 spiro atoms. The summed E-state index contributed by atoms with van der Waals surface area (Å²) in [7, 11) is 5.71. The number of likely N-dealkylation sites (N-methyl/N-ethyl adjacent to an activating group) is 2. The summed E-state index contributed by atoms with van der Waals surface area (Å²) in [5.41, 5.74) is 9.59. The minimum absolute atomic E-state index is 0.130. The van der Waals surface area contributed by atoms with E-state index in [1.54, 1.807) is 41.5 Å². The zero-order chi connectivity index (χ0) is 23.1. The first kappa shape index (κ1) is 23.3. The number of benzene rings is 2. The van der Waals surface area contributed by atoms with Gasteiger partial charge in [-0.2, -0.15) is 0 Å². The first-order chi connectivity index (χ1) is 15.3. The van der Waals surface area contributed by atoms with Gasteiger partial charge < -0.3 is 26.2 Å². The molecule has 0 atom stereocenters. The normalized spacial score (nSPS) is 10.8. The van der Waals surface area contributed by atoms with Gasteiger partial charge in [-0.05, 0) is 60.9 Å². The summed E-state index contributed by atoms with van der Waals surface area (Å²) in [5.74, 6) is -0.237. The van der Waals surface area contributed by atoms with Crippen molar-refractivity contribution in [3.05, 3.63) is 71.1 Å². The van der Waals surface area contributed by atoms with E-state index in [-0.39, 0.29) is 11.9 Å². The number of hydrogen-bond donors (Lipinski definition) is 3. The summed E-state index contributed by atoms with van der Waals surface area (Å²) in [6.07, 6.45) is 0. The van der Waals surface area contributed by atoms with Crippen molar-refractivity contribution in [2.45, 2.75) is 6.54 Å². The number of carbonyl (C=O) groups is 2. The number of rotatable bonds is 8. The summed E-state index contributed by atoms with van der Waals surface area (Å²) >= 11 is 1.63. The van der Waals surface area contributed by atoms with Crippen molar-refractivity contribution < 1.29 is 9.59 Å². The molecule has 0 radical (unpaired) electrons. The number of carbonyl (C=O) groups excluding carboxylic acids is 2. The number of nitrogens with zero attached hydrogens (tertiary/aromatic N) is 2. The molecule has 3 amide bonds. The Morgan fingerprint density at radius 3 is 2.41 bits per heavy atom. The zero-order valence-electron chi connectivity index (χ0n) is 18.6. The van der Waals surface area contributed by atoms with Gasteiger partial charge in [-0.15, -0.1) is 11.3 Å². The SMILES string of the molecule is CN(C)CCN(C)C(=O)NCc1ccc(C(=O)Nc2cc(-c3cccs3)ccc2N)cc1. The lowest BCUT2D eigenvalue weighted by Gasteiger charge is -2.20. The maximum atomic E-state index is 12.7. The van der Waals surface area contributed by atoms with Crippen LogP contribution in [0.3, 0.4) is 0 Å². The van der Waals surface area contributed by atoms with Crippen LogP contribution in [0.5, 0.6) is 0 Å². The number of nitrogen functional groups attached to an aromatic ring is 1. The number of urea groups is 1. The Labute approximate surface area is 192 Å². The molecular formula is C24H29N5O2S. The molecule has 0 aliphatic carbocycles. The van der Waals surface area contributed by atoms with E-state index in [2.05, 4.69) is 10.6 Å². The highest BCUT2D eigenvalue weighted by molar-refractivity contribution is 7.13. The van der Waals surface area contributed by atoms with Gasteiger partial charge in [0, 0.05) is 37.1 Å². The molecule has 1 heterocycles. The third-order valence-corrected chi connectivity index (χ3v) is 5.92. The molecule has 0 bridgehead atoms. The average molecular weight is 452 g/mol. The quantitative estimate of drug-likeness (QED) is 0.452. The second-order valence-corrected chi connectivity index (χ2v) is 8.76. The Morgan fingerprint density at radius 1 is 1.00 bits per heavy atom. The van der Waals surface area contributed by atoms with E-state index in [1.807, 2.05) is 60.8 Å². The first-order valence-electron chi connectivity index (χ1n) is 10.3. The molecule has 0 saturated carbocycles. The molecule has 2 aromatic carbocycles. The summed E-state index contributed by atoms with van der Waals surface area (Å²) in [6.45, 7) is 1.84. The molecule has 1 aromatic heterocycles. The van der Waals surface area contributed by atoms with E-state index < -0.39 is 0 Å².